The minimum atomic E-state index is -1.02. The summed E-state index contributed by atoms with van der Waals surface area (Å²) in [5, 5.41) is 11.2. The Morgan fingerprint density at radius 1 is 1.25 bits per heavy atom. The minimum absolute atomic E-state index is 0.390. The number of nitrogens with zero attached hydrogens (tertiary/aromatic N) is 4. The lowest BCUT2D eigenvalue weighted by Crippen LogP contribution is -2.10. The van der Waals surface area contributed by atoms with Gasteiger partial charge in [-0.2, -0.15) is 4.98 Å². The van der Waals surface area contributed by atoms with Crippen LogP contribution in [-0.4, -0.2) is 37.6 Å². The molecule has 3 heterocycles. The van der Waals surface area contributed by atoms with E-state index in [-0.39, 0.29) is 6.61 Å². The molecule has 0 aliphatic carbocycles. The van der Waals surface area contributed by atoms with Crippen molar-refractivity contribution in [2.24, 2.45) is 0 Å². The van der Waals surface area contributed by atoms with Crippen LogP contribution in [0.1, 0.15) is 11.1 Å². The third-order valence-corrected chi connectivity index (χ3v) is 5.53. The van der Waals surface area contributed by atoms with Gasteiger partial charge in [-0.25, -0.2) is 19.7 Å². The smallest absolute Gasteiger partial charge is 0.341 e. The number of carboxylic acid groups (broad SMARTS) is 1. The molecule has 0 atom stereocenters. The van der Waals surface area contributed by atoms with Crippen LogP contribution in [0, 0.1) is 13.8 Å². The number of hydrogen-bond acceptors (Lipinski definition) is 9. The van der Waals surface area contributed by atoms with Crippen molar-refractivity contribution in [2.45, 2.75) is 23.3 Å². The number of benzene rings is 1. The Morgan fingerprint density at radius 2 is 2.04 bits per heavy atom. The topological polar surface area (TPSA) is 111 Å². The van der Waals surface area contributed by atoms with Crippen LogP contribution in [0.5, 0.6) is 5.75 Å². The maximum Gasteiger partial charge on any atom is 0.341 e. The Balaban J connectivity index is 1.64. The normalized spacial score (nSPS) is 11.1. The molecule has 4 rings (SSSR count). The Bertz CT molecular complexity index is 1130. The Kier molecular flexibility index (Phi) is 4.97. The van der Waals surface area contributed by atoms with Crippen LogP contribution in [0.3, 0.4) is 0 Å². The number of thiazole rings is 1. The van der Waals surface area contributed by atoms with Crippen LogP contribution in [-0.2, 0) is 4.79 Å². The molecule has 142 valence electrons. The van der Waals surface area contributed by atoms with Gasteiger partial charge < -0.3 is 14.3 Å². The first kappa shape index (κ1) is 18.4. The number of oxazole rings is 1. The van der Waals surface area contributed by atoms with Gasteiger partial charge in [0, 0.05) is 17.1 Å². The van der Waals surface area contributed by atoms with Crippen LogP contribution >= 0.6 is 23.1 Å². The summed E-state index contributed by atoms with van der Waals surface area (Å²) in [6.45, 7) is 3.30. The average molecular weight is 414 g/mol. The SMILES string of the molecule is Cc1cc(-c2nc3cnc(Sc4nccs4)nc3o2)cc(C)c1OCC(=O)O. The molecule has 0 aliphatic heterocycles. The fourth-order valence-corrected chi connectivity index (χ4v) is 4.11. The number of hydrogen-bond donors (Lipinski definition) is 1. The van der Waals surface area contributed by atoms with Crippen molar-refractivity contribution < 1.29 is 19.1 Å². The van der Waals surface area contributed by atoms with Crippen molar-refractivity contribution in [3.63, 3.8) is 0 Å². The summed E-state index contributed by atoms with van der Waals surface area (Å²) in [6.07, 6.45) is 3.35. The average Bonchev–Trinajstić information content (AvgIpc) is 3.29. The summed E-state index contributed by atoms with van der Waals surface area (Å²) in [5.74, 6) is -0.0623. The molecule has 28 heavy (non-hydrogen) atoms. The molecular formula is C18H14N4O4S2. The lowest BCUT2D eigenvalue weighted by atomic mass is 10.1. The molecule has 10 heteroatoms. The molecule has 0 saturated heterocycles. The van der Waals surface area contributed by atoms with Gasteiger partial charge in [-0.15, -0.1) is 11.3 Å². The highest BCUT2D eigenvalue weighted by Gasteiger charge is 2.15. The van der Waals surface area contributed by atoms with E-state index in [1.54, 1.807) is 12.4 Å². The molecule has 4 aromatic rings. The third kappa shape index (κ3) is 3.82. The van der Waals surface area contributed by atoms with Gasteiger partial charge in [-0.3, -0.25) is 0 Å². The summed E-state index contributed by atoms with van der Waals surface area (Å²) in [7, 11) is 0. The summed E-state index contributed by atoms with van der Waals surface area (Å²) in [4.78, 5) is 28.1. The largest absolute Gasteiger partial charge is 0.481 e. The van der Waals surface area contributed by atoms with Crippen molar-refractivity contribution in [1.29, 1.82) is 0 Å². The summed E-state index contributed by atoms with van der Waals surface area (Å²) in [5.41, 5.74) is 3.30. The zero-order valence-electron chi connectivity index (χ0n) is 14.9. The molecule has 8 nitrogen and oxygen atoms in total. The second kappa shape index (κ2) is 7.56. The fourth-order valence-electron chi connectivity index (χ4n) is 2.67. The van der Waals surface area contributed by atoms with Crippen LogP contribution in [0.2, 0.25) is 0 Å². The first-order valence-corrected chi connectivity index (χ1v) is 9.86. The van der Waals surface area contributed by atoms with Crippen LogP contribution < -0.4 is 4.74 Å². The predicted octanol–water partition coefficient (Wildman–Crippen LogP) is 3.97. The zero-order valence-corrected chi connectivity index (χ0v) is 16.5. The molecule has 0 spiro atoms. The van der Waals surface area contributed by atoms with Gasteiger partial charge in [-0.1, -0.05) is 0 Å². The van der Waals surface area contributed by atoms with E-state index in [2.05, 4.69) is 19.9 Å². The van der Waals surface area contributed by atoms with Gasteiger partial charge in [0.1, 0.15) is 11.3 Å². The van der Waals surface area contributed by atoms with E-state index >= 15 is 0 Å². The maximum absolute atomic E-state index is 10.7. The standard InChI is InChI=1S/C18H14N4O4S2/c1-9-5-11(6-10(2)14(9)25-8-13(23)24)15-21-12-7-20-17(22-16(12)26-15)28-18-19-3-4-27-18/h3-7H,8H2,1-2H3,(H,23,24). The minimum Gasteiger partial charge on any atom is -0.481 e. The second-order valence-electron chi connectivity index (χ2n) is 5.88. The predicted molar refractivity (Wildman–Crippen MR) is 104 cm³/mol. The van der Waals surface area contributed by atoms with Gasteiger partial charge in [0.2, 0.25) is 5.89 Å². The zero-order chi connectivity index (χ0) is 19.7. The fraction of sp³-hybridized carbons (Fsp3) is 0.167. The summed E-state index contributed by atoms with van der Waals surface area (Å²) >= 11 is 2.87. The first-order chi connectivity index (χ1) is 13.5. The van der Waals surface area contributed by atoms with Crippen molar-refractivity contribution in [3.8, 4) is 17.2 Å². The molecule has 0 aliphatic rings. The number of aliphatic carboxylic acids is 1. The van der Waals surface area contributed by atoms with Crippen molar-refractivity contribution >= 4 is 40.3 Å². The van der Waals surface area contributed by atoms with Crippen LogP contribution in [0.25, 0.3) is 22.7 Å². The van der Waals surface area contributed by atoms with E-state index in [4.69, 9.17) is 14.3 Å². The van der Waals surface area contributed by atoms with Crippen molar-refractivity contribution in [3.05, 3.63) is 41.0 Å². The molecule has 0 radical (unpaired) electrons. The molecule has 1 aromatic carbocycles. The van der Waals surface area contributed by atoms with E-state index in [0.717, 1.165) is 21.0 Å². The van der Waals surface area contributed by atoms with Gasteiger partial charge in [0.15, 0.2) is 16.1 Å². The molecule has 0 bridgehead atoms. The van der Waals surface area contributed by atoms with Gasteiger partial charge in [0.05, 0.1) is 6.20 Å². The van der Waals surface area contributed by atoms with Gasteiger partial charge >= 0.3 is 5.97 Å². The monoisotopic (exact) mass is 414 g/mol. The molecule has 1 N–H and O–H groups in total. The van der Waals surface area contributed by atoms with E-state index in [1.807, 2.05) is 31.4 Å². The number of ether oxygens (including phenoxy) is 1. The van der Waals surface area contributed by atoms with E-state index in [1.165, 1.54) is 23.1 Å². The summed E-state index contributed by atoms with van der Waals surface area (Å²) in [6, 6.07) is 3.68. The highest BCUT2D eigenvalue weighted by atomic mass is 32.2. The molecule has 0 saturated carbocycles. The maximum atomic E-state index is 10.7. The first-order valence-electron chi connectivity index (χ1n) is 8.17. The summed E-state index contributed by atoms with van der Waals surface area (Å²) < 4.78 is 12.0. The number of rotatable bonds is 6. The lowest BCUT2D eigenvalue weighted by Gasteiger charge is -2.11. The molecule has 0 unspecified atom stereocenters. The molecular weight excluding hydrogens is 400 g/mol. The third-order valence-electron chi connectivity index (χ3n) is 3.76. The Morgan fingerprint density at radius 3 is 2.71 bits per heavy atom. The van der Waals surface area contributed by atoms with Crippen LogP contribution in [0.4, 0.5) is 0 Å². The Labute approximate surface area is 167 Å². The second-order valence-corrected chi connectivity index (χ2v) is 7.99. The van der Waals surface area contributed by atoms with Crippen molar-refractivity contribution in [1.82, 2.24) is 19.9 Å². The molecule has 3 aromatic heterocycles. The number of carbonyl (C=O) groups is 1. The number of aromatic nitrogens is 4. The number of fused-ring (bicyclic) bond motifs is 1. The van der Waals surface area contributed by atoms with Crippen molar-refractivity contribution in [2.75, 3.05) is 6.61 Å². The lowest BCUT2D eigenvalue weighted by molar-refractivity contribution is -0.139. The van der Waals surface area contributed by atoms with Crippen LogP contribution in [0.15, 0.2) is 43.8 Å². The van der Waals surface area contributed by atoms with Gasteiger partial charge in [-0.05, 0) is 48.9 Å². The van der Waals surface area contributed by atoms with E-state index in [9.17, 15) is 4.79 Å². The molecule has 0 amide bonds. The highest BCUT2D eigenvalue weighted by Crippen LogP contribution is 2.32. The highest BCUT2D eigenvalue weighted by molar-refractivity contribution is 8.00. The van der Waals surface area contributed by atoms with E-state index < -0.39 is 5.97 Å². The number of carboxylic acids is 1. The number of aryl methyl sites for hydroxylation is 2. The quantitative estimate of drug-likeness (QED) is 0.468. The van der Waals surface area contributed by atoms with E-state index in [0.29, 0.717) is 28.0 Å². The van der Waals surface area contributed by atoms with Gasteiger partial charge in [0.25, 0.3) is 5.71 Å². The molecule has 0 fully saturated rings. The Hall–Kier alpha value is -2.98.